The second kappa shape index (κ2) is 8.78. The number of amidine groups is 1. The molecule has 0 spiro atoms. The highest BCUT2D eigenvalue weighted by Gasteiger charge is 2.28. The summed E-state index contributed by atoms with van der Waals surface area (Å²) >= 11 is 7.57. The van der Waals surface area contributed by atoms with Crippen molar-refractivity contribution in [2.45, 2.75) is 44.8 Å². The summed E-state index contributed by atoms with van der Waals surface area (Å²) in [5.74, 6) is 0.902. The average molecular weight is 390 g/mol. The van der Waals surface area contributed by atoms with Crippen molar-refractivity contribution in [3.05, 3.63) is 47.2 Å². The summed E-state index contributed by atoms with van der Waals surface area (Å²) in [5.41, 5.74) is 9.13. The number of halogens is 1. The van der Waals surface area contributed by atoms with Gasteiger partial charge in [0.15, 0.2) is 5.17 Å². The van der Waals surface area contributed by atoms with Crippen LogP contribution in [0.4, 0.5) is 0 Å². The molecule has 0 saturated heterocycles. The molecule has 0 aliphatic carbocycles. The number of fused-ring (bicyclic) bond motifs is 1. The fourth-order valence-corrected chi connectivity index (χ4v) is 3.61. The Bertz CT molecular complexity index is 796. The molecule has 1 aliphatic rings. The highest BCUT2D eigenvalue weighted by Crippen LogP contribution is 2.41. The molecular formula is C20H24ClN3OS. The van der Waals surface area contributed by atoms with Gasteiger partial charge in [0.25, 0.3) is 0 Å². The molecule has 1 aromatic carbocycles. The summed E-state index contributed by atoms with van der Waals surface area (Å²) < 4.78 is 6.24. The lowest BCUT2D eigenvalue weighted by Crippen LogP contribution is -2.26. The SMILES string of the molecule is CCCCC1CC(N=C(N)SC)c2cc(-c3cncc(Cl)c3)ccc2O1. The molecule has 2 heterocycles. The maximum Gasteiger partial charge on any atom is 0.154 e. The lowest BCUT2D eigenvalue weighted by atomic mass is 9.92. The van der Waals surface area contributed by atoms with Crippen LogP contribution in [0.1, 0.15) is 44.2 Å². The van der Waals surface area contributed by atoms with Gasteiger partial charge in [-0.25, -0.2) is 0 Å². The summed E-state index contributed by atoms with van der Waals surface area (Å²) in [6.45, 7) is 2.20. The van der Waals surface area contributed by atoms with E-state index in [-0.39, 0.29) is 12.1 Å². The molecule has 3 rings (SSSR count). The minimum absolute atomic E-state index is 0.0140. The minimum atomic E-state index is 0.0140. The third-order valence-corrected chi connectivity index (χ3v) is 5.29. The predicted octanol–water partition coefficient (Wildman–Crippen LogP) is 5.46. The Morgan fingerprint density at radius 3 is 2.92 bits per heavy atom. The average Bonchev–Trinajstić information content (AvgIpc) is 2.66. The molecule has 4 nitrogen and oxygen atoms in total. The van der Waals surface area contributed by atoms with Crippen molar-refractivity contribution in [3.8, 4) is 16.9 Å². The molecule has 0 fully saturated rings. The number of nitrogens with zero attached hydrogens (tertiary/aromatic N) is 2. The molecule has 1 aromatic heterocycles. The number of thioether (sulfide) groups is 1. The smallest absolute Gasteiger partial charge is 0.154 e. The van der Waals surface area contributed by atoms with Gasteiger partial charge in [0.1, 0.15) is 11.9 Å². The monoisotopic (exact) mass is 389 g/mol. The molecule has 2 aromatic rings. The molecule has 2 atom stereocenters. The van der Waals surface area contributed by atoms with Gasteiger partial charge in [-0.15, -0.1) is 0 Å². The summed E-state index contributed by atoms with van der Waals surface area (Å²) in [7, 11) is 0. The Kier molecular flexibility index (Phi) is 6.43. The highest BCUT2D eigenvalue weighted by atomic mass is 35.5. The van der Waals surface area contributed by atoms with E-state index in [0.717, 1.165) is 48.1 Å². The molecule has 0 radical (unpaired) electrons. The van der Waals surface area contributed by atoms with E-state index in [1.165, 1.54) is 11.8 Å². The highest BCUT2D eigenvalue weighted by molar-refractivity contribution is 8.13. The number of ether oxygens (including phenoxy) is 1. The van der Waals surface area contributed by atoms with Gasteiger partial charge in [-0.2, -0.15) is 0 Å². The minimum Gasteiger partial charge on any atom is -0.490 e. The molecule has 1 aliphatic heterocycles. The first kappa shape index (κ1) is 19.1. The van der Waals surface area contributed by atoms with Crippen molar-refractivity contribution in [3.63, 3.8) is 0 Å². The lowest BCUT2D eigenvalue weighted by molar-refractivity contribution is 0.148. The topological polar surface area (TPSA) is 60.5 Å². The van der Waals surface area contributed by atoms with Gasteiger partial charge in [0, 0.05) is 29.9 Å². The number of unbranched alkanes of at least 4 members (excludes halogenated alkanes) is 1. The van der Waals surface area contributed by atoms with E-state index >= 15 is 0 Å². The Morgan fingerprint density at radius 2 is 2.19 bits per heavy atom. The number of benzene rings is 1. The van der Waals surface area contributed by atoms with Crippen LogP contribution in [0.5, 0.6) is 5.75 Å². The number of pyridine rings is 1. The van der Waals surface area contributed by atoms with Gasteiger partial charge in [0.05, 0.1) is 11.1 Å². The maximum absolute atomic E-state index is 6.24. The predicted molar refractivity (Wildman–Crippen MR) is 111 cm³/mol. The number of hydrogen-bond donors (Lipinski definition) is 1. The second-order valence-corrected chi connectivity index (χ2v) is 7.71. The van der Waals surface area contributed by atoms with Crippen molar-refractivity contribution in [1.82, 2.24) is 4.98 Å². The zero-order valence-corrected chi connectivity index (χ0v) is 16.7. The molecule has 0 amide bonds. The van der Waals surface area contributed by atoms with Crippen molar-refractivity contribution in [2.24, 2.45) is 10.7 Å². The van der Waals surface area contributed by atoms with Crippen molar-refractivity contribution >= 4 is 28.5 Å². The van der Waals surface area contributed by atoms with Crippen LogP contribution in [0.25, 0.3) is 11.1 Å². The molecule has 138 valence electrons. The van der Waals surface area contributed by atoms with Gasteiger partial charge < -0.3 is 10.5 Å². The molecule has 0 saturated carbocycles. The fourth-order valence-electron chi connectivity index (χ4n) is 3.21. The van der Waals surface area contributed by atoms with E-state index in [2.05, 4.69) is 18.0 Å². The van der Waals surface area contributed by atoms with E-state index in [9.17, 15) is 0 Å². The van der Waals surface area contributed by atoms with E-state index < -0.39 is 0 Å². The molecule has 2 unspecified atom stereocenters. The largest absolute Gasteiger partial charge is 0.490 e. The van der Waals surface area contributed by atoms with Gasteiger partial charge in [-0.3, -0.25) is 9.98 Å². The Balaban J connectivity index is 1.97. The van der Waals surface area contributed by atoms with Crippen molar-refractivity contribution < 1.29 is 4.74 Å². The van der Waals surface area contributed by atoms with Crippen LogP contribution in [-0.2, 0) is 0 Å². The fraction of sp³-hybridized carbons (Fsp3) is 0.400. The van der Waals surface area contributed by atoms with E-state index in [4.69, 9.17) is 27.1 Å². The van der Waals surface area contributed by atoms with Crippen LogP contribution in [0.15, 0.2) is 41.7 Å². The van der Waals surface area contributed by atoms with Crippen LogP contribution >= 0.6 is 23.4 Å². The summed E-state index contributed by atoms with van der Waals surface area (Å²) in [6.07, 6.45) is 9.79. The maximum atomic E-state index is 6.24. The van der Waals surface area contributed by atoms with Gasteiger partial charge in [-0.1, -0.05) is 49.2 Å². The molecule has 2 N–H and O–H groups in total. The second-order valence-electron chi connectivity index (χ2n) is 6.45. The summed E-state index contributed by atoms with van der Waals surface area (Å²) in [6, 6.07) is 8.13. The van der Waals surface area contributed by atoms with Crippen LogP contribution in [0, 0.1) is 0 Å². The number of hydrogen-bond acceptors (Lipinski definition) is 4. The van der Waals surface area contributed by atoms with Crippen molar-refractivity contribution in [2.75, 3.05) is 6.26 Å². The number of nitrogens with two attached hydrogens (primary N) is 1. The zero-order valence-electron chi connectivity index (χ0n) is 15.1. The quantitative estimate of drug-likeness (QED) is 0.544. The van der Waals surface area contributed by atoms with E-state index in [1.807, 2.05) is 30.7 Å². The molecule has 6 heteroatoms. The lowest BCUT2D eigenvalue weighted by Gasteiger charge is -2.31. The van der Waals surface area contributed by atoms with E-state index in [1.54, 1.807) is 6.20 Å². The summed E-state index contributed by atoms with van der Waals surface area (Å²) in [5, 5.41) is 1.23. The van der Waals surface area contributed by atoms with Crippen LogP contribution in [0.3, 0.4) is 0 Å². The molecule has 0 bridgehead atoms. The third kappa shape index (κ3) is 4.51. The Morgan fingerprint density at radius 1 is 1.35 bits per heavy atom. The van der Waals surface area contributed by atoms with Crippen LogP contribution < -0.4 is 10.5 Å². The first-order valence-electron chi connectivity index (χ1n) is 8.89. The Hall–Kier alpha value is -1.72. The first-order chi connectivity index (χ1) is 12.6. The van der Waals surface area contributed by atoms with Gasteiger partial charge >= 0.3 is 0 Å². The first-order valence-corrected chi connectivity index (χ1v) is 10.5. The number of aliphatic imine (C=N–C) groups is 1. The molecule has 26 heavy (non-hydrogen) atoms. The van der Waals surface area contributed by atoms with Crippen LogP contribution in [0.2, 0.25) is 5.02 Å². The third-order valence-electron chi connectivity index (χ3n) is 4.56. The van der Waals surface area contributed by atoms with Gasteiger partial charge in [0.2, 0.25) is 0 Å². The normalized spacial score (nSPS) is 19.7. The zero-order chi connectivity index (χ0) is 18.5. The van der Waals surface area contributed by atoms with Gasteiger partial charge in [-0.05, 0) is 36.4 Å². The molecular weight excluding hydrogens is 366 g/mol. The number of rotatable bonds is 5. The number of aromatic nitrogens is 1. The van der Waals surface area contributed by atoms with Crippen LogP contribution in [-0.4, -0.2) is 22.5 Å². The standard InChI is InChI=1S/C20H24ClN3OS/c1-3-4-5-16-10-18(24-20(22)26-2)17-9-13(6-7-19(17)25-16)14-8-15(21)12-23-11-14/h6-9,11-12,16,18H,3-5,10H2,1-2H3,(H2,22,24). The van der Waals surface area contributed by atoms with E-state index in [0.29, 0.717) is 10.2 Å². The Labute approximate surface area is 164 Å². The van der Waals surface area contributed by atoms with Crippen molar-refractivity contribution in [1.29, 1.82) is 0 Å². The summed E-state index contributed by atoms with van der Waals surface area (Å²) in [4.78, 5) is 8.93.